The zero-order chi connectivity index (χ0) is 20.6. The van der Waals surface area contributed by atoms with Crippen molar-refractivity contribution in [2.75, 3.05) is 5.32 Å². The summed E-state index contributed by atoms with van der Waals surface area (Å²) in [6, 6.07) is 4.27. The number of anilines is 1. The molecule has 1 amide bonds. The highest BCUT2D eigenvalue weighted by molar-refractivity contribution is 8.00. The van der Waals surface area contributed by atoms with Crippen molar-refractivity contribution < 1.29 is 19.8 Å². The van der Waals surface area contributed by atoms with Gasteiger partial charge in [0, 0.05) is 5.02 Å². The van der Waals surface area contributed by atoms with Gasteiger partial charge in [-0.25, -0.2) is 9.78 Å². The number of halogens is 1. The molecule has 0 saturated carbocycles. The predicted octanol–water partition coefficient (Wildman–Crippen LogP) is 3.47. The minimum Gasteiger partial charge on any atom is -0.506 e. The minimum atomic E-state index is -1.12. The van der Waals surface area contributed by atoms with Crippen LogP contribution in [0.1, 0.15) is 22.2 Å². The molecule has 1 atom stereocenters. The van der Waals surface area contributed by atoms with Crippen LogP contribution >= 0.6 is 34.7 Å². The van der Waals surface area contributed by atoms with E-state index >= 15 is 0 Å². The Hall–Kier alpha value is -2.56. The normalized spacial score (nSPS) is 12.1. The van der Waals surface area contributed by atoms with Crippen LogP contribution in [-0.2, 0) is 4.79 Å². The summed E-state index contributed by atoms with van der Waals surface area (Å²) in [5, 5.41) is 21.7. The quantitative estimate of drug-likeness (QED) is 0.272. The highest BCUT2D eigenvalue weighted by atomic mass is 35.5. The molecule has 3 rings (SSSR count). The number of aromatic hydroxyl groups is 1. The number of aromatic carboxylic acids is 1. The number of benzene rings is 1. The van der Waals surface area contributed by atoms with Crippen LogP contribution in [0, 0.1) is 6.92 Å². The van der Waals surface area contributed by atoms with Gasteiger partial charge in [0.15, 0.2) is 5.16 Å². The molecule has 0 aliphatic carbocycles. The standard InChI is InChI=1S/C17H14ClN3O5S2/c1-6-11-14(24)20-17(21-15(11)28-12(6)16(25)26)27-7(2)13(23)19-9-5-8(18)3-4-10(9)22/h3-5,7,22H,1-2H3,(H,19,23)(H,25,26)(H,20,21,24). The second kappa shape index (κ2) is 7.82. The SMILES string of the molecule is Cc1c(C(=O)O)sc2nc(SC(C)C(=O)Nc3cc(Cl)ccc3O)[nH]c(=O)c12. The van der Waals surface area contributed by atoms with Gasteiger partial charge in [-0.1, -0.05) is 23.4 Å². The highest BCUT2D eigenvalue weighted by Crippen LogP contribution is 2.30. The maximum absolute atomic E-state index is 12.4. The maximum Gasteiger partial charge on any atom is 0.346 e. The number of hydrogen-bond donors (Lipinski definition) is 4. The molecule has 2 heterocycles. The average Bonchev–Trinajstić information content (AvgIpc) is 2.95. The lowest BCUT2D eigenvalue weighted by Gasteiger charge is -2.12. The number of phenolic OH excluding ortho intramolecular Hbond substituents is 1. The lowest BCUT2D eigenvalue weighted by Crippen LogP contribution is -2.23. The molecule has 146 valence electrons. The van der Waals surface area contributed by atoms with Crippen LogP contribution in [0.25, 0.3) is 10.2 Å². The summed E-state index contributed by atoms with van der Waals surface area (Å²) < 4.78 is 0. The van der Waals surface area contributed by atoms with E-state index in [4.69, 9.17) is 11.6 Å². The summed E-state index contributed by atoms with van der Waals surface area (Å²) in [7, 11) is 0. The molecule has 1 unspecified atom stereocenters. The van der Waals surface area contributed by atoms with Crippen molar-refractivity contribution in [3.05, 3.63) is 44.0 Å². The van der Waals surface area contributed by atoms with Gasteiger partial charge in [0.1, 0.15) is 15.5 Å². The van der Waals surface area contributed by atoms with E-state index in [0.29, 0.717) is 15.4 Å². The minimum absolute atomic E-state index is 0.0531. The first-order chi connectivity index (χ1) is 13.2. The number of amides is 1. The van der Waals surface area contributed by atoms with E-state index in [2.05, 4.69) is 15.3 Å². The van der Waals surface area contributed by atoms with Crippen LogP contribution in [0.15, 0.2) is 28.2 Å². The van der Waals surface area contributed by atoms with Gasteiger partial charge in [-0.15, -0.1) is 11.3 Å². The zero-order valence-corrected chi connectivity index (χ0v) is 17.0. The summed E-state index contributed by atoms with van der Waals surface area (Å²) in [6.45, 7) is 3.16. The molecule has 1 aromatic carbocycles. The van der Waals surface area contributed by atoms with E-state index in [-0.39, 0.29) is 26.9 Å². The Morgan fingerprint density at radius 1 is 1.39 bits per heavy atom. The Morgan fingerprint density at radius 3 is 2.79 bits per heavy atom. The van der Waals surface area contributed by atoms with E-state index in [1.807, 2.05) is 0 Å². The van der Waals surface area contributed by atoms with E-state index in [0.717, 1.165) is 23.1 Å². The molecule has 0 bridgehead atoms. The fourth-order valence-electron chi connectivity index (χ4n) is 2.45. The number of carboxylic acid groups (broad SMARTS) is 1. The Morgan fingerprint density at radius 2 is 2.11 bits per heavy atom. The fraction of sp³-hybridized carbons (Fsp3) is 0.176. The molecule has 0 aliphatic heterocycles. The van der Waals surface area contributed by atoms with Gasteiger partial charge in [0.2, 0.25) is 5.91 Å². The fourth-order valence-corrected chi connectivity index (χ4v) is 4.49. The van der Waals surface area contributed by atoms with Crippen molar-refractivity contribution in [3.8, 4) is 5.75 Å². The number of aromatic nitrogens is 2. The van der Waals surface area contributed by atoms with Crippen molar-refractivity contribution in [1.29, 1.82) is 0 Å². The molecule has 0 spiro atoms. The lowest BCUT2D eigenvalue weighted by molar-refractivity contribution is -0.115. The number of fused-ring (bicyclic) bond motifs is 1. The van der Waals surface area contributed by atoms with Gasteiger partial charge in [-0.3, -0.25) is 9.59 Å². The third kappa shape index (κ3) is 3.98. The predicted molar refractivity (Wildman–Crippen MR) is 109 cm³/mol. The van der Waals surface area contributed by atoms with Crippen LogP contribution in [0.5, 0.6) is 5.75 Å². The molecule has 11 heteroatoms. The summed E-state index contributed by atoms with van der Waals surface area (Å²) >= 11 is 7.77. The average molecular weight is 440 g/mol. The number of aromatic amines is 1. The molecule has 3 aromatic rings. The molecular weight excluding hydrogens is 426 g/mol. The number of nitrogens with one attached hydrogen (secondary N) is 2. The number of thiophene rings is 1. The topological polar surface area (TPSA) is 132 Å². The summed E-state index contributed by atoms with van der Waals surface area (Å²) in [4.78, 5) is 43.2. The third-order valence-electron chi connectivity index (χ3n) is 3.85. The van der Waals surface area contributed by atoms with Crippen molar-refractivity contribution in [3.63, 3.8) is 0 Å². The molecule has 4 N–H and O–H groups in total. The van der Waals surface area contributed by atoms with Crippen molar-refractivity contribution in [2.45, 2.75) is 24.3 Å². The molecule has 0 saturated heterocycles. The molecule has 0 radical (unpaired) electrons. The van der Waals surface area contributed by atoms with Crippen molar-refractivity contribution in [2.24, 2.45) is 0 Å². The van der Waals surface area contributed by atoms with Crippen molar-refractivity contribution >= 4 is 62.5 Å². The van der Waals surface area contributed by atoms with Crippen LogP contribution in [0.2, 0.25) is 5.02 Å². The Kier molecular flexibility index (Phi) is 5.64. The lowest BCUT2D eigenvalue weighted by atomic mass is 10.2. The second-order valence-corrected chi connectivity index (χ2v) is 8.59. The van der Waals surface area contributed by atoms with E-state index < -0.39 is 22.7 Å². The van der Waals surface area contributed by atoms with Gasteiger partial charge in [0.05, 0.1) is 16.3 Å². The Labute approximate surface area is 171 Å². The van der Waals surface area contributed by atoms with Crippen molar-refractivity contribution in [1.82, 2.24) is 9.97 Å². The third-order valence-corrected chi connectivity index (χ3v) is 6.24. The number of carbonyl (C=O) groups excluding carboxylic acids is 1. The van der Waals surface area contributed by atoms with Crippen LogP contribution in [0.4, 0.5) is 5.69 Å². The molecule has 2 aromatic heterocycles. The smallest absolute Gasteiger partial charge is 0.346 e. The molecular formula is C17H14ClN3O5S2. The number of phenols is 1. The van der Waals surface area contributed by atoms with Gasteiger partial charge in [-0.2, -0.15) is 0 Å². The number of hydrogen-bond acceptors (Lipinski definition) is 7. The monoisotopic (exact) mass is 439 g/mol. The number of carboxylic acids is 1. The highest BCUT2D eigenvalue weighted by Gasteiger charge is 2.21. The largest absolute Gasteiger partial charge is 0.506 e. The Balaban J connectivity index is 1.83. The van der Waals surface area contributed by atoms with E-state index in [9.17, 15) is 24.6 Å². The Bertz CT molecular complexity index is 1160. The molecule has 8 nitrogen and oxygen atoms in total. The number of nitrogens with zero attached hydrogens (tertiary/aromatic N) is 1. The van der Waals surface area contributed by atoms with E-state index in [1.54, 1.807) is 13.8 Å². The first-order valence-corrected chi connectivity index (χ1v) is 9.97. The van der Waals surface area contributed by atoms with Gasteiger partial charge in [-0.05, 0) is 37.6 Å². The molecule has 28 heavy (non-hydrogen) atoms. The van der Waals surface area contributed by atoms with Gasteiger partial charge in [0.25, 0.3) is 5.56 Å². The van der Waals surface area contributed by atoms with Crippen LogP contribution in [-0.4, -0.2) is 37.3 Å². The van der Waals surface area contributed by atoms with Gasteiger partial charge < -0.3 is 20.5 Å². The first-order valence-electron chi connectivity index (χ1n) is 7.90. The van der Waals surface area contributed by atoms with E-state index in [1.165, 1.54) is 18.2 Å². The first kappa shape index (κ1) is 20.2. The number of rotatable bonds is 5. The number of H-pyrrole nitrogens is 1. The number of thioether (sulfide) groups is 1. The van der Waals surface area contributed by atoms with Gasteiger partial charge >= 0.3 is 5.97 Å². The number of aryl methyl sites for hydroxylation is 1. The second-order valence-electron chi connectivity index (χ2n) is 5.82. The summed E-state index contributed by atoms with van der Waals surface area (Å²) in [6.07, 6.45) is 0. The summed E-state index contributed by atoms with van der Waals surface area (Å²) in [5.74, 6) is -1.68. The van der Waals surface area contributed by atoms with Crippen LogP contribution in [0.3, 0.4) is 0 Å². The zero-order valence-electron chi connectivity index (χ0n) is 14.6. The molecule has 0 aliphatic rings. The summed E-state index contributed by atoms with van der Waals surface area (Å²) in [5.41, 5.74) is 0.0655. The number of carbonyl (C=O) groups is 2. The van der Waals surface area contributed by atoms with Crippen LogP contribution < -0.4 is 10.9 Å². The maximum atomic E-state index is 12.4. The molecule has 0 fully saturated rings.